The Balaban J connectivity index is 1.73. The third-order valence-electron chi connectivity index (χ3n) is 4.93. The van der Waals surface area contributed by atoms with Gasteiger partial charge in [-0.3, -0.25) is 9.52 Å². The van der Waals surface area contributed by atoms with Gasteiger partial charge in [0.1, 0.15) is 0 Å². The predicted octanol–water partition coefficient (Wildman–Crippen LogP) is 4.56. The molecule has 0 spiro atoms. The Morgan fingerprint density at radius 2 is 1.78 bits per heavy atom. The van der Waals surface area contributed by atoms with Crippen molar-refractivity contribution in [1.82, 2.24) is 5.32 Å². The fourth-order valence-electron chi connectivity index (χ4n) is 3.33. The van der Waals surface area contributed by atoms with Crippen molar-refractivity contribution >= 4 is 37.5 Å². The van der Waals surface area contributed by atoms with Crippen molar-refractivity contribution in [3.8, 4) is 0 Å². The molecule has 2 aromatic carbocycles. The monoisotopic (exact) mass is 450 g/mol. The van der Waals surface area contributed by atoms with Crippen LogP contribution in [0.4, 0.5) is 5.69 Å². The molecular formula is C20H23BrN2O3S. The Hall–Kier alpha value is -1.86. The standard InChI is InChI=1S/C20H23BrN2O3S/c1-14-5-2-3-8-19(14)22-20(24)15-6-4-7-17(13-15)23-27(25,26)18-11-9-16(21)10-12-18/h4,6-7,9-14,19,23H,2-3,5,8H2,1H3,(H,22,24)/t14-,19-/m0/s1. The minimum atomic E-state index is -3.71. The van der Waals surface area contributed by atoms with Crippen molar-refractivity contribution in [1.29, 1.82) is 0 Å². The summed E-state index contributed by atoms with van der Waals surface area (Å²) in [7, 11) is -3.71. The SMILES string of the molecule is C[C@H]1CCCC[C@@H]1NC(=O)c1cccc(NS(=O)(=O)c2ccc(Br)cc2)c1. The first-order valence-corrected chi connectivity index (χ1v) is 11.3. The van der Waals surface area contributed by atoms with Gasteiger partial charge in [0.05, 0.1) is 4.90 Å². The van der Waals surface area contributed by atoms with Crippen LogP contribution in [0.25, 0.3) is 0 Å². The van der Waals surface area contributed by atoms with Crippen LogP contribution in [0.1, 0.15) is 43.0 Å². The van der Waals surface area contributed by atoms with Gasteiger partial charge < -0.3 is 5.32 Å². The zero-order chi connectivity index (χ0) is 19.4. The molecule has 2 atom stereocenters. The van der Waals surface area contributed by atoms with E-state index in [0.717, 1.165) is 23.7 Å². The van der Waals surface area contributed by atoms with Crippen LogP contribution in [0.2, 0.25) is 0 Å². The maximum atomic E-state index is 12.6. The van der Waals surface area contributed by atoms with Crippen molar-refractivity contribution in [2.45, 2.75) is 43.5 Å². The molecule has 0 radical (unpaired) electrons. The van der Waals surface area contributed by atoms with E-state index in [1.807, 2.05) is 0 Å². The van der Waals surface area contributed by atoms with Crippen LogP contribution < -0.4 is 10.0 Å². The number of rotatable bonds is 5. The fraction of sp³-hybridized carbons (Fsp3) is 0.350. The van der Waals surface area contributed by atoms with E-state index in [9.17, 15) is 13.2 Å². The molecule has 1 amide bonds. The molecule has 0 heterocycles. The van der Waals surface area contributed by atoms with E-state index >= 15 is 0 Å². The number of nitrogens with one attached hydrogen (secondary N) is 2. The highest BCUT2D eigenvalue weighted by molar-refractivity contribution is 9.10. The van der Waals surface area contributed by atoms with Gasteiger partial charge in [0.2, 0.25) is 0 Å². The van der Waals surface area contributed by atoms with E-state index in [0.29, 0.717) is 17.2 Å². The molecule has 1 fully saturated rings. The second-order valence-corrected chi connectivity index (χ2v) is 9.58. The number of anilines is 1. The number of amides is 1. The first kappa shape index (κ1) is 19.9. The Morgan fingerprint density at radius 3 is 2.48 bits per heavy atom. The number of carbonyl (C=O) groups excluding carboxylic acids is 1. The lowest BCUT2D eigenvalue weighted by Gasteiger charge is -2.29. The molecule has 144 valence electrons. The summed E-state index contributed by atoms with van der Waals surface area (Å²) >= 11 is 3.29. The van der Waals surface area contributed by atoms with Crippen LogP contribution in [0.5, 0.6) is 0 Å². The van der Waals surface area contributed by atoms with Gasteiger partial charge in [-0.15, -0.1) is 0 Å². The zero-order valence-corrected chi connectivity index (χ0v) is 17.5. The first-order valence-electron chi connectivity index (χ1n) is 9.04. The van der Waals surface area contributed by atoms with E-state index in [2.05, 4.69) is 32.9 Å². The second kappa shape index (κ2) is 8.44. The Kier molecular flexibility index (Phi) is 6.22. The number of carbonyl (C=O) groups is 1. The highest BCUT2D eigenvalue weighted by Gasteiger charge is 2.23. The quantitative estimate of drug-likeness (QED) is 0.700. The van der Waals surface area contributed by atoms with E-state index in [-0.39, 0.29) is 16.8 Å². The lowest BCUT2D eigenvalue weighted by Crippen LogP contribution is -2.41. The summed E-state index contributed by atoms with van der Waals surface area (Å²) in [6, 6.07) is 13.1. The van der Waals surface area contributed by atoms with Gasteiger partial charge in [-0.1, -0.05) is 41.8 Å². The zero-order valence-electron chi connectivity index (χ0n) is 15.1. The number of halogens is 1. The van der Waals surface area contributed by atoms with Gasteiger partial charge in [-0.25, -0.2) is 8.42 Å². The largest absolute Gasteiger partial charge is 0.349 e. The summed E-state index contributed by atoms with van der Waals surface area (Å²) in [5.41, 5.74) is 0.811. The van der Waals surface area contributed by atoms with Crippen molar-refractivity contribution in [2.24, 2.45) is 5.92 Å². The number of benzene rings is 2. The van der Waals surface area contributed by atoms with Crippen molar-refractivity contribution in [3.63, 3.8) is 0 Å². The Labute approximate surface area is 168 Å². The van der Waals surface area contributed by atoms with E-state index in [1.165, 1.54) is 18.6 Å². The van der Waals surface area contributed by atoms with Gasteiger partial charge in [0.15, 0.2) is 0 Å². The molecule has 2 N–H and O–H groups in total. The molecule has 0 aliphatic heterocycles. The maximum Gasteiger partial charge on any atom is 0.261 e. The van der Waals surface area contributed by atoms with Crippen molar-refractivity contribution < 1.29 is 13.2 Å². The summed E-state index contributed by atoms with van der Waals surface area (Å²) < 4.78 is 28.4. The number of hydrogen-bond donors (Lipinski definition) is 2. The summed E-state index contributed by atoms with van der Waals surface area (Å²) in [6.45, 7) is 2.16. The lowest BCUT2D eigenvalue weighted by atomic mass is 9.86. The Morgan fingerprint density at radius 1 is 1.07 bits per heavy atom. The molecule has 3 rings (SSSR count). The molecule has 5 nitrogen and oxygen atoms in total. The first-order chi connectivity index (χ1) is 12.8. The van der Waals surface area contributed by atoms with Crippen LogP contribution >= 0.6 is 15.9 Å². The van der Waals surface area contributed by atoms with Gasteiger partial charge in [0.25, 0.3) is 15.9 Å². The minimum absolute atomic E-state index is 0.164. The average Bonchev–Trinajstić information content (AvgIpc) is 2.64. The van der Waals surface area contributed by atoms with Gasteiger partial charge in [-0.2, -0.15) is 0 Å². The summed E-state index contributed by atoms with van der Waals surface area (Å²) in [5, 5.41) is 3.09. The lowest BCUT2D eigenvalue weighted by molar-refractivity contribution is 0.0910. The topological polar surface area (TPSA) is 75.3 Å². The van der Waals surface area contributed by atoms with E-state index in [4.69, 9.17) is 0 Å². The molecule has 0 bridgehead atoms. The summed E-state index contributed by atoms with van der Waals surface area (Å²) in [6.07, 6.45) is 4.45. The molecule has 2 aromatic rings. The summed E-state index contributed by atoms with van der Waals surface area (Å²) in [4.78, 5) is 12.8. The molecule has 0 aromatic heterocycles. The van der Waals surface area contributed by atoms with E-state index in [1.54, 1.807) is 36.4 Å². The van der Waals surface area contributed by atoms with Gasteiger partial charge in [0, 0.05) is 21.8 Å². The smallest absolute Gasteiger partial charge is 0.261 e. The van der Waals surface area contributed by atoms with Gasteiger partial charge >= 0.3 is 0 Å². The maximum absolute atomic E-state index is 12.6. The number of hydrogen-bond acceptors (Lipinski definition) is 3. The van der Waals surface area contributed by atoms with E-state index < -0.39 is 10.0 Å². The average molecular weight is 451 g/mol. The minimum Gasteiger partial charge on any atom is -0.349 e. The molecule has 1 aliphatic rings. The molecular weight excluding hydrogens is 428 g/mol. The fourth-order valence-corrected chi connectivity index (χ4v) is 4.65. The molecule has 7 heteroatoms. The van der Waals surface area contributed by atoms with Crippen LogP contribution in [-0.2, 0) is 10.0 Å². The van der Waals surface area contributed by atoms with Crippen molar-refractivity contribution in [3.05, 3.63) is 58.6 Å². The Bertz CT molecular complexity index is 913. The normalized spacial score (nSPS) is 20.1. The molecule has 0 saturated heterocycles. The predicted molar refractivity (Wildman–Crippen MR) is 110 cm³/mol. The van der Waals surface area contributed by atoms with Crippen LogP contribution in [0.3, 0.4) is 0 Å². The van der Waals surface area contributed by atoms with Crippen LogP contribution in [-0.4, -0.2) is 20.4 Å². The summed E-state index contributed by atoms with van der Waals surface area (Å²) in [5.74, 6) is 0.292. The number of sulfonamides is 1. The third-order valence-corrected chi connectivity index (χ3v) is 6.85. The third kappa shape index (κ3) is 5.11. The van der Waals surface area contributed by atoms with Gasteiger partial charge in [-0.05, 0) is 61.2 Å². The van der Waals surface area contributed by atoms with Crippen LogP contribution in [0, 0.1) is 5.92 Å². The molecule has 27 heavy (non-hydrogen) atoms. The highest BCUT2D eigenvalue weighted by Crippen LogP contribution is 2.24. The highest BCUT2D eigenvalue weighted by atomic mass is 79.9. The molecule has 1 saturated carbocycles. The molecule has 0 unspecified atom stereocenters. The van der Waals surface area contributed by atoms with Crippen LogP contribution in [0.15, 0.2) is 57.9 Å². The molecule has 1 aliphatic carbocycles. The second-order valence-electron chi connectivity index (χ2n) is 6.98. The van der Waals surface area contributed by atoms with Crippen molar-refractivity contribution in [2.75, 3.05) is 4.72 Å².